The largest absolute Gasteiger partial charge is 0.356 e. The van der Waals surface area contributed by atoms with Gasteiger partial charge in [-0.15, -0.1) is 34.2 Å². The summed E-state index contributed by atoms with van der Waals surface area (Å²) in [5.74, 6) is 2.63. The van der Waals surface area contributed by atoms with E-state index >= 15 is 0 Å². The fraction of sp³-hybridized carbons (Fsp3) is 0.800. The van der Waals surface area contributed by atoms with Crippen molar-refractivity contribution < 1.29 is 0 Å². The minimum atomic E-state index is 0. The van der Waals surface area contributed by atoms with Gasteiger partial charge in [0.05, 0.1) is 0 Å². The Kier molecular flexibility index (Phi) is 12.2. The minimum Gasteiger partial charge on any atom is -0.356 e. The molecule has 22 heavy (non-hydrogen) atoms. The Bertz CT molecular complexity index is 416. The maximum Gasteiger partial charge on any atom is 0.191 e. The average Bonchev–Trinajstić information content (AvgIpc) is 2.91. The maximum absolute atomic E-state index is 4.55. The van der Waals surface area contributed by atoms with Crippen LogP contribution in [0.1, 0.15) is 46.4 Å². The van der Waals surface area contributed by atoms with E-state index in [9.17, 15) is 0 Å². The number of hydrogen-bond donors (Lipinski definition) is 2. The summed E-state index contributed by atoms with van der Waals surface area (Å²) in [6.07, 6.45) is 4.90. The van der Waals surface area contributed by atoms with Gasteiger partial charge in [-0.05, 0) is 18.8 Å². The molecule has 0 spiro atoms. The first kappa shape index (κ1) is 21.1. The Balaban J connectivity index is 0.00000441. The van der Waals surface area contributed by atoms with Gasteiger partial charge in [0.1, 0.15) is 12.2 Å². The number of hydrogen-bond acceptors (Lipinski definition) is 3. The molecule has 0 unspecified atom stereocenters. The summed E-state index contributed by atoms with van der Waals surface area (Å²) in [6.45, 7) is 12.2. The Hall–Kier alpha value is -0.860. The van der Waals surface area contributed by atoms with Gasteiger partial charge in [0.2, 0.25) is 0 Å². The van der Waals surface area contributed by atoms with Gasteiger partial charge >= 0.3 is 0 Å². The molecule has 0 radical (unpaired) electrons. The third kappa shape index (κ3) is 8.55. The fourth-order valence-electron chi connectivity index (χ4n) is 1.91. The molecule has 1 aromatic heterocycles. The molecule has 7 heteroatoms. The highest BCUT2D eigenvalue weighted by molar-refractivity contribution is 14.0. The van der Waals surface area contributed by atoms with E-state index in [0.717, 1.165) is 57.2 Å². The predicted molar refractivity (Wildman–Crippen MR) is 103 cm³/mol. The molecule has 0 atom stereocenters. The zero-order chi connectivity index (χ0) is 15.5. The van der Waals surface area contributed by atoms with Crippen molar-refractivity contribution in [1.82, 2.24) is 25.4 Å². The van der Waals surface area contributed by atoms with Crippen LogP contribution in [-0.4, -0.2) is 40.4 Å². The zero-order valence-corrected chi connectivity index (χ0v) is 16.6. The van der Waals surface area contributed by atoms with Gasteiger partial charge in [-0.1, -0.05) is 27.7 Å². The first-order valence-electron chi connectivity index (χ1n) is 8.06. The molecule has 0 aliphatic heterocycles. The second kappa shape index (κ2) is 12.7. The summed E-state index contributed by atoms with van der Waals surface area (Å²) in [5.41, 5.74) is 0. The van der Waals surface area contributed by atoms with Crippen molar-refractivity contribution in [2.45, 2.75) is 53.5 Å². The SMILES string of the molecule is CCCN=C(NCCC(C)C)NCCn1cnnc1CC.I. The number of aryl methyl sites for hydroxylation is 1. The van der Waals surface area contributed by atoms with E-state index in [1.165, 1.54) is 0 Å². The molecule has 0 bridgehead atoms. The third-order valence-corrected chi connectivity index (χ3v) is 3.16. The number of guanidine groups is 1. The van der Waals surface area contributed by atoms with Crippen LogP contribution in [0, 0.1) is 5.92 Å². The summed E-state index contributed by atoms with van der Waals surface area (Å²) in [6, 6.07) is 0. The molecule has 0 aliphatic carbocycles. The van der Waals surface area contributed by atoms with Crippen molar-refractivity contribution >= 4 is 29.9 Å². The van der Waals surface area contributed by atoms with Crippen LogP contribution < -0.4 is 10.6 Å². The number of aliphatic imine (C=N–C) groups is 1. The molecular formula is C15H31IN6. The number of nitrogens with one attached hydrogen (secondary N) is 2. The second-order valence-corrected chi connectivity index (χ2v) is 5.56. The van der Waals surface area contributed by atoms with Crippen LogP contribution in [0.5, 0.6) is 0 Å². The third-order valence-electron chi connectivity index (χ3n) is 3.16. The summed E-state index contributed by atoms with van der Waals surface area (Å²) in [7, 11) is 0. The molecule has 1 heterocycles. The van der Waals surface area contributed by atoms with E-state index in [4.69, 9.17) is 0 Å². The van der Waals surface area contributed by atoms with Crippen LogP contribution >= 0.6 is 24.0 Å². The van der Waals surface area contributed by atoms with E-state index < -0.39 is 0 Å². The second-order valence-electron chi connectivity index (χ2n) is 5.56. The van der Waals surface area contributed by atoms with Gasteiger partial charge in [-0.3, -0.25) is 4.99 Å². The monoisotopic (exact) mass is 422 g/mol. The van der Waals surface area contributed by atoms with Crippen molar-refractivity contribution in [1.29, 1.82) is 0 Å². The van der Waals surface area contributed by atoms with Crippen molar-refractivity contribution in [2.24, 2.45) is 10.9 Å². The van der Waals surface area contributed by atoms with Gasteiger partial charge in [-0.2, -0.15) is 0 Å². The van der Waals surface area contributed by atoms with Gasteiger partial charge in [-0.25, -0.2) is 0 Å². The summed E-state index contributed by atoms with van der Waals surface area (Å²) in [5, 5.41) is 14.8. The number of rotatable bonds is 9. The van der Waals surface area contributed by atoms with Crippen LogP contribution in [0.15, 0.2) is 11.3 Å². The highest BCUT2D eigenvalue weighted by Gasteiger charge is 2.02. The molecule has 0 aliphatic rings. The Morgan fingerprint density at radius 3 is 2.64 bits per heavy atom. The van der Waals surface area contributed by atoms with E-state index in [-0.39, 0.29) is 24.0 Å². The standard InChI is InChI=1S/C15H30N6.HI/c1-5-8-16-15(17-9-7-13(3)4)18-10-11-21-12-19-20-14(21)6-2;/h12-13H,5-11H2,1-4H3,(H2,16,17,18);1H. The molecule has 1 aromatic rings. The molecule has 128 valence electrons. The molecule has 6 nitrogen and oxygen atoms in total. The van der Waals surface area contributed by atoms with Crippen LogP contribution in [0.3, 0.4) is 0 Å². The van der Waals surface area contributed by atoms with Gasteiger partial charge in [0, 0.05) is 32.6 Å². The van der Waals surface area contributed by atoms with E-state index in [2.05, 4.69) is 58.1 Å². The minimum absolute atomic E-state index is 0. The van der Waals surface area contributed by atoms with Crippen molar-refractivity contribution in [3.8, 4) is 0 Å². The van der Waals surface area contributed by atoms with E-state index in [0.29, 0.717) is 5.92 Å². The van der Waals surface area contributed by atoms with Crippen molar-refractivity contribution in [3.63, 3.8) is 0 Å². The average molecular weight is 422 g/mol. The summed E-state index contributed by atoms with van der Waals surface area (Å²) in [4.78, 5) is 4.55. The molecule has 0 aromatic carbocycles. The Morgan fingerprint density at radius 2 is 2.00 bits per heavy atom. The topological polar surface area (TPSA) is 67.1 Å². The van der Waals surface area contributed by atoms with Crippen LogP contribution in [-0.2, 0) is 13.0 Å². The van der Waals surface area contributed by atoms with Crippen LogP contribution in [0.2, 0.25) is 0 Å². The van der Waals surface area contributed by atoms with Gasteiger partial charge in [0.15, 0.2) is 5.96 Å². The smallest absolute Gasteiger partial charge is 0.191 e. The molecule has 0 saturated heterocycles. The first-order chi connectivity index (χ1) is 10.2. The van der Waals surface area contributed by atoms with Gasteiger partial charge in [0.25, 0.3) is 0 Å². The lowest BCUT2D eigenvalue weighted by Gasteiger charge is -2.14. The highest BCUT2D eigenvalue weighted by atomic mass is 127. The lowest BCUT2D eigenvalue weighted by atomic mass is 10.1. The predicted octanol–water partition coefficient (Wildman–Crippen LogP) is 2.45. The number of nitrogens with zero attached hydrogens (tertiary/aromatic N) is 4. The molecule has 0 saturated carbocycles. The maximum atomic E-state index is 4.55. The summed E-state index contributed by atoms with van der Waals surface area (Å²) < 4.78 is 2.08. The lowest BCUT2D eigenvalue weighted by Crippen LogP contribution is -2.39. The Labute approximate surface area is 151 Å². The van der Waals surface area contributed by atoms with Crippen LogP contribution in [0.4, 0.5) is 0 Å². The molecule has 1 rings (SSSR count). The molecule has 0 amide bonds. The van der Waals surface area contributed by atoms with Crippen LogP contribution in [0.25, 0.3) is 0 Å². The quantitative estimate of drug-likeness (QED) is 0.365. The van der Waals surface area contributed by atoms with E-state index in [1.807, 2.05) is 0 Å². The fourth-order valence-corrected chi connectivity index (χ4v) is 1.91. The lowest BCUT2D eigenvalue weighted by molar-refractivity contribution is 0.569. The normalized spacial score (nSPS) is 11.4. The first-order valence-corrected chi connectivity index (χ1v) is 8.06. The highest BCUT2D eigenvalue weighted by Crippen LogP contribution is 1.97. The zero-order valence-electron chi connectivity index (χ0n) is 14.3. The number of aromatic nitrogens is 3. The molecule has 0 fully saturated rings. The van der Waals surface area contributed by atoms with Crippen molar-refractivity contribution in [3.05, 3.63) is 12.2 Å². The Morgan fingerprint density at radius 1 is 1.27 bits per heavy atom. The number of halogens is 1. The van der Waals surface area contributed by atoms with E-state index in [1.54, 1.807) is 6.33 Å². The molecular weight excluding hydrogens is 391 g/mol. The summed E-state index contributed by atoms with van der Waals surface area (Å²) >= 11 is 0. The van der Waals surface area contributed by atoms with Crippen molar-refractivity contribution in [2.75, 3.05) is 19.6 Å². The van der Waals surface area contributed by atoms with Gasteiger partial charge < -0.3 is 15.2 Å². The molecule has 2 N–H and O–H groups in total.